The minimum Gasteiger partial charge on any atom is -0.454 e. The van der Waals surface area contributed by atoms with Gasteiger partial charge in [-0.15, -0.1) is 0 Å². The SMILES string of the molecule is c1ccc(N(c2ccccc2)c2ccc3c(c2)c2cc4c5ccccc5oc4c4c2n3c2c3oc5ccccc5c3cc3c5cc(N(c6ccccc6)c6ccccc6)ccc5n4c32)cc1. The monoisotopic (exact) mass is 844 g/mol. The Labute approximate surface area is 376 Å². The first-order chi connectivity index (χ1) is 32.8. The molecule has 66 heavy (non-hydrogen) atoms. The van der Waals surface area contributed by atoms with Gasteiger partial charge in [-0.25, -0.2) is 0 Å². The van der Waals surface area contributed by atoms with E-state index in [2.05, 4.69) is 237 Å². The third-order valence-electron chi connectivity index (χ3n) is 13.7. The highest BCUT2D eigenvalue weighted by Gasteiger charge is 2.29. The molecule has 308 valence electrons. The Morgan fingerprint density at radius 2 is 0.606 bits per heavy atom. The molecular formula is C60H36N4O2. The Kier molecular flexibility index (Phi) is 7.13. The van der Waals surface area contributed by atoms with Crippen molar-refractivity contribution in [3.05, 3.63) is 218 Å². The molecule has 0 aliphatic carbocycles. The molecule has 0 bridgehead atoms. The molecule has 0 spiro atoms. The van der Waals surface area contributed by atoms with Gasteiger partial charge >= 0.3 is 0 Å². The summed E-state index contributed by atoms with van der Waals surface area (Å²) in [7, 11) is 0. The van der Waals surface area contributed by atoms with E-state index < -0.39 is 0 Å². The van der Waals surface area contributed by atoms with Gasteiger partial charge in [0.05, 0.1) is 22.1 Å². The smallest absolute Gasteiger partial charge is 0.161 e. The van der Waals surface area contributed by atoms with Crippen molar-refractivity contribution in [2.24, 2.45) is 0 Å². The van der Waals surface area contributed by atoms with E-state index in [0.29, 0.717) is 0 Å². The topological polar surface area (TPSA) is 41.6 Å². The lowest BCUT2D eigenvalue weighted by atomic mass is 10.1. The lowest BCUT2D eigenvalue weighted by Gasteiger charge is -2.25. The summed E-state index contributed by atoms with van der Waals surface area (Å²) in [6, 6.07) is 78.0. The molecule has 5 heterocycles. The van der Waals surface area contributed by atoms with Crippen molar-refractivity contribution < 1.29 is 8.83 Å². The molecule has 5 aromatic heterocycles. The summed E-state index contributed by atoms with van der Waals surface area (Å²) in [6.45, 7) is 0. The summed E-state index contributed by atoms with van der Waals surface area (Å²) in [4.78, 5) is 4.69. The number of furan rings is 2. The first kappa shape index (κ1) is 35.5. The van der Waals surface area contributed by atoms with Crippen LogP contribution in [0.25, 0.3) is 98.5 Å². The largest absolute Gasteiger partial charge is 0.454 e. The van der Waals surface area contributed by atoms with Gasteiger partial charge in [0.15, 0.2) is 11.2 Å². The molecule has 15 rings (SSSR count). The predicted molar refractivity (Wildman–Crippen MR) is 273 cm³/mol. The van der Waals surface area contributed by atoms with E-state index in [4.69, 9.17) is 8.83 Å². The van der Waals surface area contributed by atoms with E-state index in [1.54, 1.807) is 0 Å². The first-order valence-electron chi connectivity index (χ1n) is 22.4. The molecule has 0 N–H and O–H groups in total. The fraction of sp³-hybridized carbons (Fsp3) is 0. The second-order valence-electron chi connectivity index (χ2n) is 17.3. The van der Waals surface area contributed by atoms with Crippen LogP contribution in [-0.4, -0.2) is 8.80 Å². The fourth-order valence-corrected chi connectivity index (χ4v) is 11.0. The van der Waals surface area contributed by atoms with Gasteiger partial charge in [-0.3, -0.25) is 0 Å². The maximum Gasteiger partial charge on any atom is 0.161 e. The van der Waals surface area contributed by atoms with Crippen LogP contribution in [-0.2, 0) is 0 Å². The summed E-state index contributed by atoms with van der Waals surface area (Å²) >= 11 is 0. The predicted octanol–water partition coefficient (Wildman–Crippen LogP) is 17.0. The Bertz CT molecular complexity index is 4030. The highest BCUT2D eigenvalue weighted by atomic mass is 16.3. The number of hydrogen-bond acceptors (Lipinski definition) is 4. The number of nitrogens with zero attached hydrogens (tertiary/aromatic N) is 4. The molecule has 0 atom stereocenters. The van der Waals surface area contributed by atoms with Crippen molar-refractivity contribution >= 4 is 133 Å². The van der Waals surface area contributed by atoms with Crippen molar-refractivity contribution in [3.8, 4) is 0 Å². The van der Waals surface area contributed by atoms with Gasteiger partial charge in [0.25, 0.3) is 0 Å². The van der Waals surface area contributed by atoms with Crippen molar-refractivity contribution in [1.82, 2.24) is 8.80 Å². The minimum atomic E-state index is 0.858. The summed E-state index contributed by atoms with van der Waals surface area (Å²) in [5.41, 5.74) is 16.4. The van der Waals surface area contributed by atoms with Gasteiger partial charge in [-0.05, 0) is 109 Å². The number of hydrogen-bond donors (Lipinski definition) is 0. The molecule has 0 unspecified atom stereocenters. The molecule has 0 fully saturated rings. The average Bonchev–Trinajstić information content (AvgIpc) is 4.13. The number of para-hydroxylation sites is 6. The van der Waals surface area contributed by atoms with Crippen molar-refractivity contribution in [3.63, 3.8) is 0 Å². The lowest BCUT2D eigenvalue weighted by Crippen LogP contribution is -2.09. The summed E-state index contributed by atoms with van der Waals surface area (Å²) in [6.07, 6.45) is 0. The van der Waals surface area contributed by atoms with Gasteiger partial charge in [0.1, 0.15) is 22.2 Å². The van der Waals surface area contributed by atoms with Gasteiger partial charge < -0.3 is 27.4 Å². The normalized spacial score (nSPS) is 12.2. The highest BCUT2D eigenvalue weighted by molar-refractivity contribution is 6.32. The highest BCUT2D eigenvalue weighted by Crippen LogP contribution is 2.50. The number of rotatable bonds is 6. The van der Waals surface area contributed by atoms with Crippen LogP contribution in [0.15, 0.2) is 227 Å². The van der Waals surface area contributed by atoms with Crippen LogP contribution in [0.2, 0.25) is 0 Å². The minimum absolute atomic E-state index is 0.858. The molecule has 0 aliphatic rings. The van der Waals surface area contributed by atoms with Crippen LogP contribution in [0.3, 0.4) is 0 Å². The van der Waals surface area contributed by atoms with E-state index in [1.165, 1.54) is 0 Å². The maximum atomic E-state index is 7.05. The zero-order chi connectivity index (χ0) is 43.0. The van der Waals surface area contributed by atoms with Crippen LogP contribution in [0, 0.1) is 0 Å². The van der Waals surface area contributed by atoms with E-state index >= 15 is 0 Å². The molecule has 6 nitrogen and oxygen atoms in total. The Hall–Kier alpha value is -9.00. The molecule has 0 saturated heterocycles. The van der Waals surface area contributed by atoms with E-state index in [9.17, 15) is 0 Å². The van der Waals surface area contributed by atoms with Crippen molar-refractivity contribution in [2.75, 3.05) is 9.80 Å². The second kappa shape index (κ2) is 13.3. The second-order valence-corrected chi connectivity index (χ2v) is 17.3. The average molecular weight is 845 g/mol. The van der Waals surface area contributed by atoms with Crippen LogP contribution in [0.1, 0.15) is 0 Å². The van der Waals surface area contributed by atoms with Gasteiger partial charge in [0, 0.05) is 77.2 Å². The summed E-state index contributed by atoms with van der Waals surface area (Å²) in [5, 5.41) is 8.93. The van der Waals surface area contributed by atoms with Crippen LogP contribution >= 0.6 is 0 Å². The molecular weight excluding hydrogens is 809 g/mol. The molecule has 6 heteroatoms. The van der Waals surface area contributed by atoms with E-state index in [1.807, 2.05) is 0 Å². The molecule has 10 aromatic carbocycles. The van der Waals surface area contributed by atoms with E-state index in [0.717, 1.165) is 133 Å². The van der Waals surface area contributed by atoms with E-state index in [-0.39, 0.29) is 0 Å². The number of benzene rings is 10. The van der Waals surface area contributed by atoms with Crippen molar-refractivity contribution in [1.29, 1.82) is 0 Å². The number of aromatic nitrogens is 2. The summed E-state index contributed by atoms with van der Waals surface area (Å²) in [5.74, 6) is 0. The Morgan fingerprint density at radius 1 is 0.258 bits per heavy atom. The van der Waals surface area contributed by atoms with Crippen LogP contribution < -0.4 is 9.80 Å². The third-order valence-corrected chi connectivity index (χ3v) is 13.7. The van der Waals surface area contributed by atoms with Crippen LogP contribution in [0.5, 0.6) is 0 Å². The van der Waals surface area contributed by atoms with Gasteiger partial charge in [0.2, 0.25) is 0 Å². The third kappa shape index (κ3) is 4.79. The Morgan fingerprint density at radius 3 is 0.985 bits per heavy atom. The molecule has 0 radical (unpaired) electrons. The summed E-state index contributed by atoms with van der Waals surface area (Å²) < 4.78 is 19.0. The van der Waals surface area contributed by atoms with Gasteiger partial charge in [-0.1, -0.05) is 109 Å². The quantitative estimate of drug-likeness (QED) is 0.156. The zero-order valence-corrected chi connectivity index (χ0v) is 35.4. The van der Waals surface area contributed by atoms with Gasteiger partial charge in [-0.2, -0.15) is 0 Å². The Balaban J connectivity index is 1.14. The fourth-order valence-electron chi connectivity index (χ4n) is 11.0. The zero-order valence-electron chi connectivity index (χ0n) is 35.4. The molecule has 15 aromatic rings. The van der Waals surface area contributed by atoms with Crippen LogP contribution in [0.4, 0.5) is 34.1 Å². The maximum absolute atomic E-state index is 7.05. The molecule has 0 aliphatic heterocycles. The first-order valence-corrected chi connectivity index (χ1v) is 22.4. The van der Waals surface area contributed by atoms with Crippen molar-refractivity contribution in [2.45, 2.75) is 0 Å². The standard InChI is InChI=1S/C60H36N4O2/c1-5-17-37(18-6-1)61(38-19-7-2-8-20-38)41-29-31-51-45(33-41)47-35-49-43-25-13-15-27-53(43)65-59(49)57-55(47)63(51)58-56-48(36-50-44-26-14-16-28-54(44)66-60(50)58)46-34-42(30-32-52(46)64(56)57)62(39-21-9-3-10-22-39)40-23-11-4-12-24-40/h1-36H. The molecule has 0 saturated carbocycles. The number of anilines is 6. The molecule has 0 amide bonds. The lowest BCUT2D eigenvalue weighted by molar-refractivity contribution is 0.670. The number of fused-ring (bicyclic) bond motifs is 16.